The summed E-state index contributed by atoms with van der Waals surface area (Å²) in [5.74, 6) is -2.58. The fraction of sp³-hybridized carbons (Fsp3) is 0.406. The van der Waals surface area contributed by atoms with Crippen LogP contribution in [0.3, 0.4) is 0 Å². The van der Waals surface area contributed by atoms with Crippen molar-refractivity contribution in [3.63, 3.8) is 0 Å². The second kappa shape index (κ2) is 12.3. The zero-order valence-electron chi connectivity index (χ0n) is 24.2. The molecule has 0 radical (unpaired) electrons. The number of aromatic nitrogens is 3. The molecule has 3 amide bonds. The van der Waals surface area contributed by atoms with Gasteiger partial charge in [-0.15, -0.1) is 18.3 Å². The quantitative estimate of drug-likeness (QED) is 0.234. The lowest BCUT2D eigenvalue weighted by Crippen LogP contribution is -2.57. The van der Waals surface area contributed by atoms with E-state index in [1.165, 1.54) is 4.90 Å². The summed E-state index contributed by atoms with van der Waals surface area (Å²) in [5.41, 5.74) is 0.912. The van der Waals surface area contributed by atoms with Crippen molar-refractivity contribution in [2.24, 2.45) is 11.8 Å². The number of halogens is 1. The first-order valence-electron chi connectivity index (χ1n) is 14.7. The van der Waals surface area contributed by atoms with Crippen molar-refractivity contribution in [1.29, 1.82) is 0 Å². The summed E-state index contributed by atoms with van der Waals surface area (Å²) in [6, 6.07) is 15.7. The topological polar surface area (TPSA) is 121 Å². The minimum Gasteiger partial charge on any atom is -0.396 e. The molecule has 3 aliphatic heterocycles. The summed E-state index contributed by atoms with van der Waals surface area (Å²) in [6.07, 6.45) is 3.33. The summed E-state index contributed by atoms with van der Waals surface area (Å²) in [5, 5.41) is 18.2. The van der Waals surface area contributed by atoms with E-state index in [9.17, 15) is 19.5 Å². The Kier molecular flexibility index (Phi) is 8.40. The van der Waals surface area contributed by atoms with E-state index in [1.54, 1.807) is 26.6 Å². The van der Waals surface area contributed by atoms with Gasteiger partial charge >= 0.3 is 0 Å². The average Bonchev–Trinajstić information content (AvgIpc) is 3.75. The number of likely N-dealkylation sites (tertiary alicyclic amines) is 1. The number of aliphatic hydroxyl groups excluding tert-OH is 1. The Hall–Kier alpha value is -3.87. The van der Waals surface area contributed by atoms with Gasteiger partial charge in [0.05, 0.1) is 23.5 Å². The van der Waals surface area contributed by atoms with E-state index < -0.39 is 29.6 Å². The SMILES string of the molecule is C=CCN(Cn1nnc2ccccc21)C(=O)C1N(CCCO)C(=O)[C@@H]2[C@@H](C(=O)N(CC=C)c3ccccc3)[C@@H]3OC12CC3Br. The van der Waals surface area contributed by atoms with E-state index in [0.717, 1.165) is 5.52 Å². The van der Waals surface area contributed by atoms with Crippen molar-refractivity contribution >= 4 is 50.4 Å². The van der Waals surface area contributed by atoms with Gasteiger partial charge in [0.25, 0.3) is 0 Å². The Labute approximate surface area is 263 Å². The van der Waals surface area contributed by atoms with Gasteiger partial charge < -0.3 is 24.5 Å². The number of hydrogen-bond donors (Lipinski definition) is 1. The number of fused-ring (bicyclic) bond motifs is 2. The molecular weight excluding hydrogens is 628 g/mol. The Bertz CT molecular complexity index is 1580. The second-order valence-electron chi connectivity index (χ2n) is 11.4. The summed E-state index contributed by atoms with van der Waals surface area (Å²) in [4.78, 5) is 47.8. The molecule has 3 aromatic rings. The van der Waals surface area contributed by atoms with Crippen LogP contribution >= 0.6 is 15.9 Å². The molecule has 0 saturated carbocycles. The Morgan fingerprint density at radius 3 is 2.55 bits per heavy atom. The zero-order valence-corrected chi connectivity index (χ0v) is 25.8. The number of ether oxygens (including phenoxy) is 1. The lowest BCUT2D eigenvalue weighted by Gasteiger charge is -2.37. The van der Waals surface area contributed by atoms with E-state index >= 15 is 0 Å². The molecule has 1 spiro atoms. The van der Waals surface area contributed by atoms with Gasteiger partial charge in [0, 0.05) is 36.8 Å². The maximum absolute atomic E-state index is 14.6. The van der Waals surface area contributed by atoms with Crippen LogP contribution in [-0.4, -0.2) is 96.4 Å². The molecule has 230 valence electrons. The summed E-state index contributed by atoms with van der Waals surface area (Å²) in [7, 11) is 0. The lowest BCUT2D eigenvalue weighted by molar-refractivity contribution is -0.149. The van der Waals surface area contributed by atoms with Crippen LogP contribution in [0.25, 0.3) is 11.0 Å². The van der Waals surface area contributed by atoms with Crippen molar-refractivity contribution in [2.75, 3.05) is 31.1 Å². The molecule has 44 heavy (non-hydrogen) atoms. The van der Waals surface area contributed by atoms with Gasteiger partial charge in [-0.25, -0.2) is 4.68 Å². The van der Waals surface area contributed by atoms with E-state index in [2.05, 4.69) is 39.4 Å². The number of aliphatic hydroxyl groups is 1. The third-order valence-electron chi connectivity index (χ3n) is 8.90. The predicted molar refractivity (Wildman–Crippen MR) is 168 cm³/mol. The monoisotopic (exact) mass is 662 g/mol. The smallest absolute Gasteiger partial charge is 0.250 e. The number of benzene rings is 2. The lowest BCUT2D eigenvalue weighted by atomic mass is 9.70. The van der Waals surface area contributed by atoms with Gasteiger partial charge in [-0.05, 0) is 37.1 Å². The number of nitrogens with zero attached hydrogens (tertiary/aromatic N) is 6. The highest BCUT2D eigenvalue weighted by Gasteiger charge is 2.76. The molecule has 6 atom stereocenters. The Balaban J connectivity index is 1.38. The third-order valence-corrected chi connectivity index (χ3v) is 9.74. The minimum atomic E-state index is -1.23. The largest absolute Gasteiger partial charge is 0.396 e. The first-order valence-corrected chi connectivity index (χ1v) is 15.7. The van der Waals surface area contributed by atoms with Crippen molar-refractivity contribution in [3.05, 3.63) is 79.9 Å². The van der Waals surface area contributed by atoms with Gasteiger partial charge in [-0.1, -0.05) is 63.6 Å². The maximum Gasteiger partial charge on any atom is 0.250 e. The molecule has 2 bridgehead atoms. The van der Waals surface area contributed by atoms with Crippen LogP contribution in [0.15, 0.2) is 79.9 Å². The molecular formula is C32H35BrN6O5. The highest BCUT2D eigenvalue weighted by atomic mass is 79.9. The number of rotatable bonds is 12. The Morgan fingerprint density at radius 2 is 1.82 bits per heavy atom. The van der Waals surface area contributed by atoms with Crippen LogP contribution in [0.2, 0.25) is 0 Å². The molecule has 3 saturated heterocycles. The van der Waals surface area contributed by atoms with Crippen molar-refractivity contribution in [1.82, 2.24) is 24.8 Å². The predicted octanol–water partition coefficient (Wildman–Crippen LogP) is 2.75. The molecule has 2 aromatic carbocycles. The van der Waals surface area contributed by atoms with E-state index in [-0.39, 0.29) is 61.9 Å². The first-order chi connectivity index (χ1) is 21.4. The first kappa shape index (κ1) is 30.2. The van der Waals surface area contributed by atoms with E-state index in [1.807, 2.05) is 54.6 Å². The van der Waals surface area contributed by atoms with Crippen LogP contribution in [0.4, 0.5) is 5.69 Å². The average molecular weight is 664 g/mol. The number of carbonyl (C=O) groups is 3. The van der Waals surface area contributed by atoms with Gasteiger partial charge in [0.2, 0.25) is 17.7 Å². The van der Waals surface area contributed by atoms with Gasteiger partial charge in [-0.2, -0.15) is 0 Å². The van der Waals surface area contributed by atoms with Crippen LogP contribution in [-0.2, 0) is 25.8 Å². The fourth-order valence-electron chi connectivity index (χ4n) is 7.14. The van der Waals surface area contributed by atoms with Gasteiger partial charge in [0.15, 0.2) is 0 Å². The molecule has 4 heterocycles. The molecule has 1 N–H and O–H groups in total. The summed E-state index contributed by atoms with van der Waals surface area (Å²) < 4.78 is 8.33. The number of carbonyl (C=O) groups excluding carboxylic acids is 3. The number of alkyl halides is 1. The molecule has 12 heteroatoms. The standard InChI is InChI=1S/C32H35BrN6O5/c1-3-15-36(20-39-24-14-9-8-13-23(24)34-35-39)31(43)28-32-19-22(33)27(44-32)25(26(32)30(42)38(28)17-10-18-40)29(41)37(16-4-2)21-11-6-5-7-12-21/h3-9,11-14,22,25-28,40H,1-2,10,15-20H2/t22?,25-,26+,27-,28?,32?/m1/s1. The van der Waals surface area contributed by atoms with Crippen LogP contribution in [0.1, 0.15) is 12.8 Å². The van der Waals surface area contributed by atoms with Crippen molar-refractivity contribution in [2.45, 2.75) is 42.1 Å². The van der Waals surface area contributed by atoms with Crippen LogP contribution in [0, 0.1) is 11.8 Å². The normalized spacial score (nSPS) is 27.0. The number of hydrogen-bond acceptors (Lipinski definition) is 7. The van der Waals surface area contributed by atoms with E-state index in [4.69, 9.17) is 4.74 Å². The molecule has 11 nitrogen and oxygen atoms in total. The molecule has 3 aliphatic rings. The van der Waals surface area contributed by atoms with Crippen LogP contribution in [0.5, 0.6) is 0 Å². The second-order valence-corrected chi connectivity index (χ2v) is 12.6. The zero-order chi connectivity index (χ0) is 31.0. The van der Waals surface area contributed by atoms with Crippen LogP contribution < -0.4 is 4.90 Å². The van der Waals surface area contributed by atoms with Crippen molar-refractivity contribution < 1.29 is 24.2 Å². The van der Waals surface area contributed by atoms with E-state index in [0.29, 0.717) is 17.6 Å². The highest BCUT2D eigenvalue weighted by Crippen LogP contribution is 2.60. The fourth-order valence-corrected chi connectivity index (χ4v) is 8.08. The Morgan fingerprint density at radius 1 is 1.09 bits per heavy atom. The molecule has 6 rings (SSSR count). The van der Waals surface area contributed by atoms with Gasteiger partial charge in [0.1, 0.15) is 23.8 Å². The molecule has 3 unspecified atom stereocenters. The molecule has 1 aromatic heterocycles. The summed E-state index contributed by atoms with van der Waals surface area (Å²) in [6.45, 7) is 8.22. The number of para-hydroxylation sites is 2. The number of anilines is 1. The van der Waals surface area contributed by atoms with Gasteiger partial charge in [-0.3, -0.25) is 14.4 Å². The maximum atomic E-state index is 14.6. The minimum absolute atomic E-state index is 0.0787. The highest BCUT2D eigenvalue weighted by molar-refractivity contribution is 9.09. The third kappa shape index (κ3) is 4.85. The summed E-state index contributed by atoms with van der Waals surface area (Å²) >= 11 is 3.74. The molecule has 3 fully saturated rings. The number of amides is 3. The molecule has 0 aliphatic carbocycles. The van der Waals surface area contributed by atoms with Crippen molar-refractivity contribution in [3.8, 4) is 0 Å².